The minimum Gasteiger partial charge on any atom is -0.508 e. The lowest BCUT2D eigenvalue weighted by molar-refractivity contribution is 0.473. The van der Waals surface area contributed by atoms with Gasteiger partial charge in [-0.3, -0.25) is 4.31 Å². The Morgan fingerprint density at radius 1 is 1.15 bits per heavy atom. The minimum atomic E-state index is -3.84. The number of aromatic hydroxyl groups is 1. The molecule has 4 nitrogen and oxygen atoms in total. The van der Waals surface area contributed by atoms with Crippen molar-refractivity contribution in [2.24, 2.45) is 0 Å². The first-order valence-corrected chi connectivity index (χ1v) is 7.46. The summed E-state index contributed by atoms with van der Waals surface area (Å²) in [5, 5.41) is 9.40. The summed E-state index contributed by atoms with van der Waals surface area (Å²) in [5.74, 6) is -0.645. The highest BCUT2D eigenvalue weighted by Gasteiger charge is 2.24. The van der Waals surface area contributed by atoms with Crippen LogP contribution in [0.5, 0.6) is 5.75 Å². The maximum absolute atomic E-state index is 13.3. The quantitative estimate of drug-likeness (QED) is 0.943. The van der Waals surface area contributed by atoms with Crippen molar-refractivity contribution < 1.29 is 17.9 Å². The molecule has 0 bridgehead atoms. The number of phenols is 1. The van der Waals surface area contributed by atoms with E-state index >= 15 is 0 Å². The third kappa shape index (κ3) is 2.75. The molecule has 0 aliphatic rings. The molecule has 0 saturated heterocycles. The van der Waals surface area contributed by atoms with E-state index in [1.165, 1.54) is 36.4 Å². The van der Waals surface area contributed by atoms with Crippen LogP contribution in [-0.2, 0) is 10.0 Å². The van der Waals surface area contributed by atoms with Gasteiger partial charge in [-0.1, -0.05) is 12.1 Å². The van der Waals surface area contributed by atoms with Gasteiger partial charge in [-0.2, -0.15) is 0 Å². The predicted molar refractivity (Wildman–Crippen MR) is 74.7 cm³/mol. The first kappa shape index (κ1) is 14.3. The lowest BCUT2D eigenvalue weighted by atomic mass is 10.3. The van der Waals surface area contributed by atoms with Crippen LogP contribution in [0.2, 0.25) is 0 Å². The summed E-state index contributed by atoms with van der Waals surface area (Å²) < 4.78 is 39.4. The largest absolute Gasteiger partial charge is 0.508 e. The highest BCUT2D eigenvalue weighted by molar-refractivity contribution is 7.92. The number of sulfonamides is 1. The molecule has 20 heavy (non-hydrogen) atoms. The van der Waals surface area contributed by atoms with Crippen molar-refractivity contribution in [3.8, 4) is 5.75 Å². The zero-order valence-corrected chi connectivity index (χ0v) is 11.6. The second kappa shape index (κ2) is 5.50. The van der Waals surface area contributed by atoms with Crippen molar-refractivity contribution in [2.45, 2.75) is 11.8 Å². The Morgan fingerprint density at radius 3 is 2.45 bits per heavy atom. The number of nitrogens with zero attached hydrogens (tertiary/aromatic N) is 1. The lowest BCUT2D eigenvalue weighted by Gasteiger charge is -2.23. The summed E-state index contributed by atoms with van der Waals surface area (Å²) in [4.78, 5) is -0.0383. The van der Waals surface area contributed by atoms with Gasteiger partial charge in [-0.25, -0.2) is 12.8 Å². The van der Waals surface area contributed by atoms with Gasteiger partial charge >= 0.3 is 0 Å². The maximum Gasteiger partial charge on any atom is 0.264 e. The van der Waals surface area contributed by atoms with Crippen LogP contribution in [0.3, 0.4) is 0 Å². The topological polar surface area (TPSA) is 57.6 Å². The predicted octanol–water partition coefficient (Wildman–Crippen LogP) is 2.75. The molecule has 0 aliphatic heterocycles. The molecule has 0 unspecified atom stereocenters. The normalized spacial score (nSPS) is 11.3. The Bertz CT molecular complexity index is 716. The molecule has 2 aromatic rings. The zero-order valence-electron chi connectivity index (χ0n) is 10.8. The minimum absolute atomic E-state index is 0.0383. The van der Waals surface area contributed by atoms with Crippen LogP contribution in [0.15, 0.2) is 53.4 Å². The van der Waals surface area contributed by atoms with E-state index in [0.29, 0.717) is 0 Å². The zero-order chi connectivity index (χ0) is 14.8. The Labute approximate surface area is 117 Å². The molecule has 0 saturated carbocycles. The third-order valence-electron chi connectivity index (χ3n) is 2.79. The summed E-state index contributed by atoms with van der Waals surface area (Å²) in [6, 6.07) is 10.8. The van der Waals surface area contributed by atoms with Gasteiger partial charge in [-0.05, 0) is 37.3 Å². The Morgan fingerprint density at radius 2 is 1.85 bits per heavy atom. The molecule has 106 valence electrons. The SMILES string of the molecule is CCN(c1cccc(F)c1)S(=O)(=O)c1cccc(O)c1. The fourth-order valence-corrected chi connectivity index (χ4v) is 3.40. The molecule has 6 heteroatoms. The number of rotatable bonds is 4. The number of halogens is 1. The van der Waals surface area contributed by atoms with E-state index in [9.17, 15) is 17.9 Å². The highest BCUT2D eigenvalue weighted by Crippen LogP contribution is 2.25. The summed E-state index contributed by atoms with van der Waals surface area (Å²) in [6.07, 6.45) is 0. The number of phenolic OH excluding ortho intramolecular Hbond substituents is 1. The van der Waals surface area contributed by atoms with Crippen LogP contribution in [0.25, 0.3) is 0 Å². The first-order valence-electron chi connectivity index (χ1n) is 6.02. The van der Waals surface area contributed by atoms with E-state index in [0.717, 1.165) is 16.4 Å². The fourth-order valence-electron chi connectivity index (χ4n) is 1.89. The van der Waals surface area contributed by atoms with E-state index in [4.69, 9.17) is 0 Å². The summed E-state index contributed by atoms with van der Waals surface area (Å²) in [6.45, 7) is 1.81. The van der Waals surface area contributed by atoms with Crippen LogP contribution >= 0.6 is 0 Å². The van der Waals surface area contributed by atoms with Gasteiger partial charge in [0.2, 0.25) is 0 Å². The second-order valence-corrected chi connectivity index (χ2v) is 6.01. The van der Waals surface area contributed by atoms with E-state index in [1.54, 1.807) is 6.92 Å². The first-order chi connectivity index (χ1) is 9.45. The van der Waals surface area contributed by atoms with E-state index in [-0.39, 0.29) is 22.9 Å². The van der Waals surface area contributed by atoms with Crippen LogP contribution < -0.4 is 4.31 Å². The molecule has 0 atom stereocenters. The summed E-state index contributed by atoms with van der Waals surface area (Å²) in [5.41, 5.74) is 0.246. The molecule has 0 heterocycles. The molecular weight excluding hydrogens is 281 g/mol. The van der Waals surface area contributed by atoms with Crippen molar-refractivity contribution in [1.82, 2.24) is 0 Å². The molecule has 2 rings (SSSR count). The number of anilines is 1. The lowest BCUT2D eigenvalue weighted by Crippen LogP contribution is -2.30. The third-order valence-corrected chi connectivity index (χ3v) is 4.69. The molecule has 0 aliphatic carbocycles. The van der Waals surface area contributed by atoms with Crippen LogP contribution in [0.1, 0.15) is 6.92 Å². The smallest absolute Gasteiger partial charge is 0.264 e. The van der Waals surface area contributed by atoms with Gasteiger partial charge in [0, 0.05) is 12.6 Å². The summed E-state index contributed by atoms with van der Waals surface area (Å²) >= 11 is 0. The fraction of sp³-hybridized carbons (Fsp3) is 0.143. The van der Waals surface area contributed by atoms with E-state index in [1.807, 2.05) is 0 Å². The van der Waals surface area contributed by atoms with Crippen molar-refractivity contribution in [2.75, 3.05) is 10.8 Å². The molecule has 1 N–H and O–H groups in total. The van der Waals surface area contributed by atoms with Crippen LogP contribution in [-0.4, -0.2) is 20.1 Å². The van der Waals surface area contributed by atoms with Gasteiger partial charge in [0.05, 0.1) is 10.6 Å². The van der Waals surface area contributed by atoms with Gasteiger partial charge in [-0.15, -0.1) is 0 Å². The van der Waals surface area contributed by atoms with Crippen molar-refractivity contribution >= 4 is 15.7 Å². The van der Waals surface area contributed by atoms with Crippen molar-refractivity contribution in [3.05, 3.63) is 54.3 Å². The Kier molecular flexibility index (Phi) is 3.94. The molecule has 2 aromatic carbocycles. The van der Waals surface area contributed by atoms with Crippen molar-refractivity contribution in [1.29, 1.82) is 0 Å². The number of hydrogen-bond donors (Lipinski definition) is 1. The van der Waals surface area contributed by atoms with E-state index < -0.39 is 15.8 Å². The van der Waals surface area contributed by atoms with Crippen LogP contribution in [0.4, 0.5) is 10.1 Å². The van der Waals surface area contributed by atoms with Crippen LogP contribution in [0, 0.1) is 5.82 Å². The molecule has 0 aromatic heterocycles. The van der Waals surface area contributed by atoms with Gasteiger partial charge in [0.25, 0.3) is 10.0 Å². The molecule has 0 radical (unpaired) electrons. The molecule has 0 amide bonds. The monoisotopic (exact) mass is 295 g/mol. The van der Waals surface area contributed by atoms with Crippen molar-refractivity contribution in [3.63, 3.8) is 0 Å². The second-order valence-electron chi connectivity index (χ2n) is 4.15. The summed E-state index contributed by atoms with van der Waals surface area (Å²) in [7, 11) is -3.84. The number of hydrogen-bond acceptors (Lipinski definition) is 3. The Balaban J connectivity index is 2.50. The Hall–Kier alpha value is -2.08. The molecular formula is C14H14FNO3S. The average molecular weight is 295 g/mol. The van der Waals surface area contributed by atoms with E-state index in [2.05, 4.69) is 0 Å². The van der Waals surface area contributed by atoms with Gasteiger partial charge < -0.3 is 5.11 Å². The number of benzene rings is 2. The maximum atomic E-state index is 13.3. The standard InChI is InChI=1S/C14H14FNO3S/c1-2-16(12-6-3-5-11(15)9-12)20(18,19)14-8-4-7-13(17)10-14/h3-10,17H,2H2,1H3. The highest BCUT2D eigenvalue weighted by atomic mass is 32.2. The van der Waals surface area contributed by atoms with Gasteiger partial charge in [0.15, 0.2) is 0 Å². The molecule has 0 spiro atoms. The molecule has 0 fully saturated rings. The average Bonchev–Trinajstić information content (AvgIpc) is 2.39. The van der Waals surface area contributed by atoms with Gasteiger partial charge in [0.1, 0.15) is 11.6 Å².